The highest BCUT2D eigenvalue weighted by Crippen LogP contribution is 2.29. The zero-order chi connectivity index (χ0) is 10.8. The molecule has 1 fully saturated rings. The fourth-order valence-corrected chi connectivity index (χ4v) is 3.02. The summed E-state index contributed by atoms with van der Waals surface area (Å²) < 4.78 is 25.6. The second kappa shape index (κ2) is 4.62. The maximum Gasteiger partial charge on any atom is 0.211 e. The van der Waals surface area contributed by atoms with E-state index in [1.165, 1.54) is 6.42 Å². The lowest BCUT2D eigenvalue weighted by Crippen LogP contribution is -2.44. The molecule has 0 aliphatic heterocycles. The fourth-order valence-electron chi connectivity index (χ4n) is 2.06. The predicted octanol–water partition coefficient (Wildman–Crippen LogP) is 1.75. The van der Waals surface area contributed by atoms with Crippen molar-refractivity contribution >= 4 is 10.0 Å². The zero-order valence-electron chi connectivity index (χ0n) is 9.29. The minimum atomic E-state index is -3.03. The predicted molar refractivity (Wildman–Crippen MR) is 58.6 cm³/mol. The van der Waals surface area contributed by atoms with Gasteiger partial charge in [0.1, 0.15) is 0 Å². The van der Waals surface area contributed by atoms with E-state index in [1.54, 1.807) is 6.92 Å². The molecule has 1 saturated carbocycles. The Balaban J connectivity index is 2.60. The van der Waals surface area contributed by atoms with Gasteiger partial charge in [0.25, 0.3) is 0 Å². The number of hydrogen-bond acceptors (Lipinski definition) is 2. The van der Waals surface area contributed by atoms with Crippen LogP contribution in [0.5, 0.6) is 0 Å². The van der Waals surface area contributed by atoms with Crippen LogP contribution in [0.25, 0.3) is 0 Å². The van der Waals surface area contributed by atoms with E-state index in [0.29, 0.717) is 11.8 Å². The maximum atomic E-state index is 11.4. The van der Waals surface area contributed by atoms with E-state index in [2.05, 4.69) is 18.6 Å². The SMILES string of the molecule is CCS(=O)(=O)N[C@@H]1CCC[C@@H](C)[C@@H]1C. The molecule has 1 N–H and O–H groups in total. The molecule has 84 valence electrons. The summed E-state index contributed by atoms with van der Waals surface area (Å²) in [4.78, 5) is 0. The normalized spacial score (nSPS) is 34.4. The standard InChI is InChI=1S/C10H21NO2S/c1-4-14(12,13)11-10-7-5-6-8(2)9(10)3/h8-11H,4-7H2,1-3H3/t8-,9+,10-/m1/s1. The molecular formula is C10H21NO2S. The van der Waals surface area contributed by atoms with Crippen molar-refractivity contribution in [2.45, 2.75) is 46.1 Å². The molecule has 0 aromatic rings. The van der Waals surface area contributed by atoms with Crippen molar-refractivity contribution in [1.82, 2.24) is 4.72 Å². The molecule has 1 aliphatic carbocycles. The number of nitrogens with one attached hydrogen (secondary N) is 1. The van der Waals surface area contributed by atoms with Gasteiger partial charge in [0.05, 0.1) is 5.75 Å². The summed E-state index contributed by atoms with van der Waals surface area (Å²) in [5.74, 6) is 1.28. The highest BCUT2D eigenvalue weighted by atomic mass is 32.2. The lowest BCUT2D eigenvalue weighted by Gasteiger charge is -2.34. The summed E-state index contributed by atoms with van der Waals surface area (Å²) in [6.45, 7) is 6.03. The topological polar surface area (TPSA) is 46.2 Å². The molecule has 0 bridgehead atoms. The van der Waals surface area contributed by atoms with Crippen molar-refractivity contribution in [2.75, 3.05) is 5.75 Å². The first-order valence-electron chi connectivity index (χ1n) is 5.46. The van der Waals surface area contributed by atoms with Gasteiger partial charge in [-0.2, -0.15) is 0 Å². The molecule has 0 spiro atoms. The van der Waals surface area contributed by atoms with Gasteiger partial charge in [0, 0.05) is 6.04 Å². The van der Waals surface area contributed by atoms with Gasteiger partial charge in [-0.1, -0.05) is 26.7 Å². The monoisotopic (exact) mass is 219 g/mol. The van der Waals surface area contributed by atoms with Crippen molar-refractivity contribution in [3.63, 3.8) is 0 Å². The lowest BCUT2D eigenvalue weighted by molar-refractivity contribution is 0.227. The summed E-state index contributed by atoms with van der Waals surface area (Å²) in [7, 11) is -3.03. The van der Waals surface area contributed by atoms with E-state index in [-0.39, 0.29) is 11.8 Å². The van der Waals surface area contributed by atoms with Crippen LogP contribution in [0.2, 0.25) is 0 Å². The Labute approximate surface area is 87.3 Å². The molecule has 0 unspecified atom stereocenters. The first-order valence-corrected chi connectivity index (χ1v) is 7.11. The van der Waals surface area contributed by atoms with Gasteiger partial charge >= 0.3 is 0 Å². The van der Waals surface area contributed by atoms with Gasteiger partial charge in [-0.3, -0.25) is 0 Å². The van der Waals surface area contributed by atoms with E-state index >= 15 is 0 Å². The fraction of sp³-hybridized carbons (Fsp3) is 1.00. The Hall–Kier alpha value is -0.0900. The largest absolute Gasteiger partial charge is 0.212 e. The van der Waals surface area contributed by atoms with E-state index in [4.69, 9.17) is 0 Å². The average molecular weight is 219 g/mol. The molecule has 0 amide bonds. The van der Waals surface area contributed by atoms with Crippen molar-refractivity contribution < 1.29 is 8.42 Å². The van der Waals surface area contributed by atoms with E-state index < -0.39 is 10.0 Å². The van der Waals surface area contributed by atoms with Crippen LogP contribution in [0.15, 0.2) is 0 Å². The van der Waals surface area contributed by atoms with Crippen molar-refractivity contribution in [2.24, 2.45) is 11.8 Å². The first kappa shape index (κ1) is 12.0. The van der Waals surface area contributed by atoms with E-state index in [1.807, 2.05) is 0 Å². The molecular weight excluding hydrogens is 198 g/mol. The van der Waals surface area contributed by atoms with Crippen LogP contribution in [0.4, 0.5) is 0 Å². The van der Waals surface area contributed by atoms with Gasteiger partial charge in [0.2, 0.25) is 10.0 Å². The molecule has 0 saturated heterocycles. The number of sulfonamides is 1. The molecule has 0 radical (unpaired) electrons. The maximum absolute atomic E-state index is 11.4. The Morgan fingerprint density at radius 1 is 1.29 bits per heavy atom. The molecule has 14 heavy (non-hydrogen) atoms. The van der Waals surface area contributed by atoms with Crippen LogP contribution < -0.4 is 4.72 Å². The lowest BCUT2D eigenvalue weighted by atomic mass is 9.78. The third kappa shape index (κ3) is 2.95. The van der Waals surface area contributed by atoms with E-state index in [9.17, 15) is 8.42 Å². The summed E-state index contributed by atoms with van der Waals surface area (Å²) in [5, 5.41) is 0. The summed E-state index contributed by atoms with van der Waals surface area (Å²) in [6, 6.07) is 0.156. The molecule has 0 aromatic carbocycles. The van der Waals surface area contributed by atoms with Crippen LogP contribution in [0, 0.1) is 11.8 Å². The van der Waals surface area contributed by atoms with Crippen molar-refractivity contribution in [3.8, 4) is 0 Å². The third-order valence-corrected chi connectivity index (χ3v) is 4.84. The molecule has 1 aliphatic rings. The molecule has 3 atom stereocenters. The molecule has 0 aromatic heterocycles. The summed E-state index contributed by atoms with van der Waals surface area (Å²) in [6.07, 6.45) is 3.36. The van der Waals surface area contributed by atoms with Crippen LogP contribution in [0.3, 0.4) is 0 Å². The summed E-state index contributed by atoms with van der Waals surface area (Å²) in [5.41, 5.74) is 0. The number of rotatable bonds is 3. The Morgan fingerprint density at radius 3 is 2.50 bits per heavy atom. The van der Waals surface area contributed by atoms with Gasteiger partial charge in [-0.05, 0) is 25.2 Å². The van der Waals surface area contributed by atoms with Gasteiger partial charge in [-0.15, -0.1) is 0 Å². The average Bonchev–Trinajstić information content (AvgIpc) is 2.13. The Bertz CT molecular complexity index is 274. The third-order valence-electron chi connectivity index (χ3n) is 3.42. The van der Waals surface area contributed by atoms with Crippen LogP contribution in [0.1, 0.15) is 40.0 Å². The van der Waals surface area contributed by atoms with Gasteiger partial charge < -0.3 is 0 Å². The Kier molecular flexibility index (Phi) is 3.95. The van der Waals surface area contributed by atoms with E-state index in [0.717, 1.165) is 12.8 Å². The van der Waals surface area contributed by atoms with Crippen molar-refractivity contribution in [1.29, 1.82) is 0 Å². The van der Waals surface area contributed by atoms with Gasteiger partial charge in [-0.25, -0.2) is 13.1 Å². The highest BCUT2D eigenvalue weighted by molar-refractivity contribution is 7.89. The minimum absolute atomic E-state index is 0.156. The van der Waals surface area contributed by atoms with Crippen LogP contribution in [-0.4, -0.2) is 20.2 Å². The first-order chi connectivity index (χ1) is 6.46. The zero-order valence-corrected chi connectivity index (χ0v) is 10.1. The van der Waals surface area contributed by atoms with Gasteiger partial charge in [0.15, 0.2) is 0 Å². The Morgan fingerprint density at radius 2 is 1.93 bits per heavy atom. The van der Waals surface area contributed by atoms with Crippen LogP contribution >= 0.6 is 0 Å². The highest BCUT2D eigenvalue weighted by Gasteiger charge is 2.29. The molecule has 0 heterocycles. The molecule has 1 rings (SSSR count). The smallest absolute Gasteiger partial charge is 0.211 e. The van der Waals surface area contributed by atoms with Crippen molar-refractivity contribution in [3.05, 3.63) is 0 Å². The molecule has 3 nitrogen and oxygen atoms in total. The second-order valence-corrected chi connectivity index (χ2v) is 6.44. The van der Waals surface area contributed by atoms with Crippen LogP contribution in [-0.2, 0) is 10.0 Å². The quantitative estimate of drug-likeness (QED) is 0.786. The summed E-state index contributed by atoms with van der Waals surface area (Å²) >= 11 is 0. The minimum Gasteiger partial charge on any atom is -0.212 e. The second-order valence-electron chi connectivity index (χ2n) is 4.40. The number of hydrogen-bond donors (Lipinski definition) is 1. The molecule has 4 heteroatoms.